The van der Waals surface area contributed by atoms with Gasteiger partial charge in [-0.25, -0.2) is 0 Å². The Morgan fingerprint density at radius 2 is 1.69 bits per heavy atom. The minimum absolute atomic E-state index is 0.812. The quantitative estimate of drug-likeness (QED) is 0.647. The SMILES string of the molecule is CCCNC(CC(CC)CC)C1CCCC1. The largest absolute Gasteiger partial charge is 0.314 e. The molecule has 0 aliphatic heterocycles. The van der Waals surface area contributed by atoms with Crippen molar-refractivity contribution in [2.45, 2.75) is 78.2 Å². The Bertz CT molecular complexity index is 157. The van der Waals surface area contributed by atoms with Crippen LogP contribution in [0.3, 0.4) is 0 Å². The number of rotatable bonds is 8. The van der Waals surface area contributed by atoms with Gasteiger partial charge in [-0.3, -0.25) is 0 Å². The van der Waals surface area contributed by atoms with Crippen LogP contribution in [0.2, 0.25) is 0 Å². The minimum Gasteiger partial charge on any atom is -0.314 e. The Morgan fingerprint density at radius 3 is 2.19 bits per heavy atom. The molecular formula is C15H31N. The van der Waals surface area contributed by atoms with E-state index in [1.54, 1.807) is 0 Å². The van der Waals surface area contributed by atoms with Crippen LogP contribution in [0.4, 0.5) is 0 Å². The lowest BCUT2D eigenvalue weighted by Crippen LogP contribution is -2.37. The van der Waals surface area contributed by atoms with Crippen LogP contribution in [-0.4, -0.2) is 12.6 Å². The van der Waals surface area contributed by atoms with Gasteiger partial charge in [0.05, 0.1) is 0 Å². The van der Waals surface area contributed by atoms with Gasteiger partial charge in [0.15, 0.2) is 0 Å². The molecule has 0 heterocycles. The van der Waals surface area contributed by atoms with Crippen molar-refractivity contribution < 1.29 is 0 Å². The Morgan fingerprint density at radius 1 is 1.06 bits per heavy atom. The van der Waals surface area contributed by atoms with E-state index in [0.29, 0.717) is 0 Å². The van der Waals surface area contributed by atoms with Crippen molar-refractivity contribution in [2.75, 3.05) is 6.54 Å². The van der Waals surface area contributed by atoms with Gasteiger partial charge >= 0.3 is 0 Å². The molecule has 0 bridgehead atoms. The third-order valence-electron chi connectivity index (χ3n) is 4.37. The smallest absolute Gasteiger partial charge is 0.00979 e. The molecule has 1 nitrogen and oxygen atoms in total. The zero-order chi connectivity index (χ0) is 11.8. The molecular weight excluding hydrogens is 194 g/mol. The highest BCUT2D eigenvalue weighted by molar-refractivity contribution is 4.82. The second kappa shape index (κ2) is 8.11. The summed E-state index contributed by atoms with van der Waals surface area (Å²) in [6.07, 6.45) is 11.3. The van der Waals surface area contributed by atoms with Crippen molar-refractivity contribution in [3.05, 3.63) is 0 Å². The first-order valence-corrected chi connectivity index (χ1v) is 7.55. The maximum absolute atomic E-state index is 3.81. The molecule has 1 aliphatic carbocycles. The van der Waals surface area contributed by atoms with E-state index in [2.05, 4.69) is 26.1 Å². The molecule has 0 amide bonds. The van der Waals surface area contributed by atoms with Crippen LogP contribution in [0.25, 0.3) is 0 Å². The van der Waals surface area contributed by atoms with Gasteiger partial charge in [-0.1, -0.05) is 46.5 Å². The zero-order valence-electron chi connectivity index (χ0n) is 11.6. The van der Waals surface area contributed by atoms with Gasteiger partial charge in [-0.15, -0.1) is 0 Å². The van der Waals surface area contributed by atoms with E-state index in [4.69, 9.17) is 0 Å². The van der Waals surface area contributed by atoms with Gasteiger partial charge in [0, 0.05) is 6.04 Å². The molecule has 0 aromatic rings. The first kappa shape index (κ1) is 14.0. The van der Waals surface area contributed by atoms with E-state index in [9.17, 15) is 0 Å². The number of hydrogen-bond acceptors (Lipinski definition) is 1. The van der Waals surface area contributed by atoms with Gasteiger partial charge in [0.25, 0.3) is 0 Å². The molecule has 0 spiro atoms. The summed E-state index contributed by atoms with van der Waals surface area (Å²) < 4.78 is 0. The minimum atomic E-state index is 0.812. The van der Waals surface area contributed by atoms with Crippen LogP contribution in [0, 0.1) is 11.8 Å². The molecule has 1 N–H and O–H groups in total. The fourth-order valence-electron chi connectivity index (χ4n) is 3.11. The van der Waals surface area contributed by atoms with Crippen LogP contribution < -0.4 is 5.32 Å². The van der Waals surface area contributed by atoms with Crippen molar-refractivity contribution >= 4 is 0 Å². The molecule has 96 valence electrons. The molecule has 1 fully saturated rings. The lowest BCUT2D eigenvalue weighted by molar-refractivity contribution is 0.285. The topological polar surface area (TPSA) is 12.0 Å². The van der Waals surface area contributed by atoms with Crippen molar-refractivity contribution in [3.8, 4) is 0 Å². The average Bonchev–Trinajstić information content (AvgIpc) is 2.83. The molecule has 1 aliphatic rings. The van der Waals surface area contributed by atoms with Crippen molar-refractivity contribution in [2.24, 2.45) is 11.8 Å². The fraction of sp³-hybridized carbons (Fsp3) is 1.00. The molecule has 1 heteroatoms. The highest BCUT2D eigenvalue weighted by atomic mass is 14.9. The Balaban J connectivity index is 2.41. The van der Waals surface area contributed by atoms with E-state index in [0.717, 1.165) is 17.9 Å². The highest BCUT2D eigenvalue weighted by Gasteiger charge is 2.25. The van der Waals surface area contributed by atoms with Gasteiger partial charge in [0.1, 0.15) is 0 Å². The molecule has 1 rings (SSSR count). The third kappa shape index (κ3) is 4.45. The molecule has 0 radical (unpaired) electrons. The van der Waals surface area contributed by atoms with Crippen LogP contribution in [0.5, 0.6) is 0 Å². The van der Waals surface area contributed by atoms with Crippen LogP contribution in [0.15, 0.2) is 0 Å². The van der Waals surface area contributed by atoms with E-state index in [-0.39, 0.29) is 0 Å². The summed E-state index contributed by atoms with van der Waals surface area (Å²) in [4.78, 5) is 0. The van der Waals surface area contributed by atoms with E-state index < -0.39 is 0 Å². The molecule has 1 atom stereocenters. The fourth-order valence-corrected chi connectivity index (χ4v) is 3.11. The average molecular weight is 225 g/mol. The van der Waals surface area contributed by atoms with Crippen molar-refractivity contribution in [1.29, 1.82) is 0 Å². The molecule has 0 aromatic heterocycles. The molecule has 1 saturated carbocycles. The number of nitrogens with one attached hydrogen (secondary N) is 1. The highest BCUT2D eigenvalue weighted by Crippen LogP contribution is 2.31. The third-order valence-corrected chi connectivity index (χ3v) is 4.37. The standard InChI is InChI=1S/C15H31N/c1-4-11-16-15(12-13(5-2)6-3)14-9-7-8-10-14/h13-16H,4-12H2,1-3H3. The molecule has 0 aromatic carbocycles. The Labute approximate surface area is 102 Å². The van der Waals surface area contributed by atoms with Gasteiger partial charge in [0.2, 0.25) is 0 Å². The molecule has 0 saturated heterocycles. The summed E-state index contributed by atoms with van der Waals surface area (Å²) in [5.41, 5.74) is 0. The van der Waals surface area contributed by atoms with Crippen molar-refractivity contribution in [3.63, 3.8) is 0 Å². The monoisotopic (exact) mass is 225 g/mol. The second-order valence-electron chi connectivity index (χ2n) is 5.52. The summed E-state index contributed by atoms with van der Waals surface area (Å²) in [5.74, 6) is 1.92. The Hall–Kier alpha value is -0.0400. The van der Waals surface area contributed by atoms with Crippen LogP contribution >= 0.6 is 0 Å². The zero-order valence-corrected chi connectivity index (χ0v) is 11.6. The Kier molecular flexibility index (Phi) is 7.11. The maximum atomic E-state index is 3.81. The number of hydrogen-bond donors (Lipinski definition) is 1. The molecule has 1 unspecified atom stereocenters. The summed E-state index contributed by atoms with van der Waals surface area (Å²) in [6, 6.07) is 0.812. The lowest BCUT2D eigenvalue weighted by atomic mass is 9.87. The van der Waals surface area contributed by atoms with Crippen LogP contribution in [0.1, 0.15) is 72.1 Å². The first-order valence-electron chi connectivity index (χ1n) is 7.55. The van der Waals surface area contributed by atoms with E-state index in [1.807, 2.05) is 0 Å². The predicted molar refractivity (Wildman–Crippen MR) is 72.7 cm³/mol. The summed E-state index contributed by atoms with van der Waals surface area (Å²) in [7, 11) is 0. The molecule has 16 heavy (non-hydrogen) atoms. The normalized spacial score (nSPS) is 19.5. The van der Waals surface area contributed by atoms with Gasteiger partial charge in [-0.2, -0.15) is 0 Å². The summed E-state index contributed by atoms with van der Waals surface area (Å²) in [5, 5.41) is 3.81. The first-order chi connectivity index (χ1) is 7.81. The van der Waals surface area contributed by atoms with Gasteiger partial charge in [-0.05, 0) is 44.1 Å². The van der Waals surface area contributed by atoms with E-state index >= 15 is 0 Å². The lowest BCUT2D eigenvalue weighted by Gasteiger charge is -2.28. The van der Waals surface area contributed by atoms with Crippen molar-refractivity contribution in [1.82, 2.24) is 5.32 Å². The van der Waals surface area contributed by atoms with Crippen LogP contribution in [-0.2, 0) is 0 Å². The summed E-state index contributed by atoms with van der Waals surface area (Å²) in [6.45, 7) is 8.18. The predicted octanol–water partition coefficient (Wildman–Crippen LogP) is 4.37. The summed E-state index contributed by atoms with van der Waals surface area (Å²) >= 11 is 0. The van der Waals surface area contributed by atoms with Gasteiger partial charge < -0.3 is 5.32 Å². The maximum Gasteiger partial charge on any atom is 0.00979 e. The second-order valence-corrected chi connectivity index (χ2v) is 5.52. The van der Waals surface area contributed by atoms with E-state index in [1.165, 1.54) is 57.9 Å².